The quantitative estimate of drug-likeness (QED) is 0.624. The van der Waals surface area contributed by atoms with Crippen LogP contribution in [0.1, 0.15) is 31.9 Å². The number of aryl methyl sites for hydroxylation is 1. The predicted molar refractivity (Wildman–Crippen MR) is 72.6 cm³/mol. The number of hydrogen-bond donors (Lipinski definition) is 0. The van der Waals surface area contributed by atoms with Crippen LogP contribution in [0, 0.1) is 6.92 Å². The van der Waals surface area contributed by atoms with Crippen LogP contribution in [-0.2, 0) is 0 Å². The van der Waals surface area contributed by atoms with Gasteiger partial charge in [0, 0.05) is 0 Å². The molecule has 0 unspecified atom stereocenters. The first kappa shape index (κ1) is 10.9. The molecule has 0 heterocycles. The first-order chi connectivity index (χ1) is 7.61. The highest BCUT2D eigenvalue weighted by molar-refractivity contribution is 5.96. The standard InChI is InChI=1S/C16H18/c1-11(2)13(4)15-10-6-9-14-8-5-7-12(3)16(14)15/h5-10H,1-4H3. The van der Waals surface area contributed by atoms with Gasteiger partial charge in [0.25, 0.3) is 0 Å². The van der Waals surface area contributed by atoms with E-state index in [1.54, 1.807) is 0 Å². The van der Waals surface area contributed by atoms with Gasteiger partial charge in [-0.3, -0.25) is 0 Å². The van der Waals surface area contributed by atoms with E-state index in [4.69, 9.17) is 0 Å². The molecule has 2 rings (SSSR count). The number of allylic oxidation sites excluding steroid dienone is 2. The molecule has 0 spiro atoms. The molecule has 0 nitrogen and oxygen atoms in total. The summed E-state index contributed by atoms with van der Waals surface area (Å²) < 4.78 is 0. The van der Waals surface area contributed by atoms with E-state index in [0.717, 1.165) is 0 Å². The Morgan fingerprint density at radius 2 is 1.50 bits per heavy atom. The lowest BCUT2D eigenvalue weighted by molar-refractivity contribution is 1.37. The minimum Gasteiger partial charge on any atom is -0.0729 e. The molecule has 2 aromatic carbocycles. The number of hydrogen-bond acceptors (Lipinski definition) is 0. The van der Waals surface area contributed by atoms with Crippen LogP contribution in [0.5, 0.6) is 0 Å². The Morgan fingerprint density at radius 3 is 2.12 bits per heavy atom. The SMILES string of the molecule is CC(C)=C(C)c1cccc2cccc(C)c12. The highest BCUT2D eigenvalue weighted by Crippen LogP contribution is 2.29. The van der Waals surface area contributed by atoms with Crippen molar-refractivity contribution in [1.29, 1.82) is 0 Å². The summed E-state index contributed by atoms with van der Waals surface area (Å²) >= 11 is 0. The van der Waals surface area contributed by atoms with Crippen molar-refractivity contribution in [2.75, 3.05) is 0 Å². The molecule has 0 fully saturated rings. The average Bonchev–Trinajstić information content (AvgIpc) is 2.27. The molecule has 0 N–H and O–H groups in total. The van der Waals surface area contributed by atoms with E-state index in [9.17, 15) is 0 Å². The van der Waals surface area contributed by atoms with Crippen LogP contribution in [0.3, 0.4) is 0 Å². The first-order valence-electron chi connectivity index (χ1n) is 5.74. The van der Waals surface area contributed by atoms with Crippen molar-refractivity contribution < 1.29 is 0 Å². The third kappa shape index (κ3) is 1.76. The Balaban J connectivity index is 2.86. The van der Waals surface area contributed by atoms with E-state index in [0.29, 0.717) is 0 Å². The highest BCUT2D eigenvalue weighted by atomic mass is 14.1. The summed E-state index contributed by atoms with van der Waals surface area (Å²) in [4.78, 5) is 0. The summed E-state index contributed by atoms with van der Waals surface area (Å²) in [7, 11) is 0. The highest BCUT2D eigenvalue weighted by Gasteiger charge is 2.05. The van der Waals surface area contributed by atoms with Crippen LogP contribution in [0.4, 0.5) is 0 Å². The Hall–Kier alpha value is -1.56. The third-order valence-corrected chi connectivity index (χ3v) is 3.27. The number of fused-ring (bicyclic) bond motifs is 1. The summed E-state index contributed by atoms with van der Waals surface area (Å²) in [6, 6.07) is 13.0. The zero-order valence-electron chi connectivity index (χ0n) is 10.5. The zero-order chi connectivity index (χ0) is 11.7. The normalized spacial score (nSPS) is 10.5. The molecule has 0 aromatic heterocycles. The molecule has 0 radical (unpaired) electrons. The molecule has 82 valence electrons. The van der Waals surface area contributed by atoms with Crippen LogP contribution in [0.2, 0.25) is 0 Å². The zero-order valence-corrected chi connectivity index (χ0v) is 10.5. The predicted octanol–water partition coefficient (Wildman–Crippen LogP) is 4.96. The lowest BCUT2D eigenvalue weighted by Gasteiger charge is -2.11. The lowest BCUT2D eigenvalue weighted by atomic mass is 9.94. The van der Waals surface area contributed by atoms with Gasteiger partial charge in [-0.1, -0.05) is 42.0 Å². The maximum atomic E-state index is 2.22. The maximum Gasteiger partial charge on any atom is -0.00795 e. The first-order valence-corrected chi connectivity index (χ1v) is 5.74. The Labute approximate surface area is 97.6 Å². The van der Waals surface area contributed by atoms with Crippen LogP contribution in [-0.4, -0.2) is 0 Å². The Morgan fingerprint density at radius 1 is 0.875 bits per heavy atom. The van der Waals surface area contributed by atoms with Gasteiger partial charge in [-0.05, 0) is 55.2 Å². The molecule has 0 saturated heterocycles. The maximum absolute atomic E-state index is 2.22. The van der Waals surface area contributed by atoms with E-state index >= 15 is 0 Å². The van der Waals surface area contributed by atoms with E-state index in [2.05, 4.69) is 64.1 Å². The molecule has 0 aliphatic heterocycles. The van der Waals surface area contributed by atoms with Gasteiger partial charge in [-0.25, -0.2) is 0 Å². The smallest absolute Gasteiger partial charge is 0.00795 e. The summed E-state index contributed by atoms with van der Waals surface area (Å²) in [5.41, 5.74) is 5.50. The summed E-state index contributed by atoms with van der Waals surface area (Å²) in [5.74, 6) is 0. The largest absolute Gasteiger partial charge is 0.0729 e. The second kappa shape index (κ2) is 4.13. The van der Waals surface area contributed by atoms with E-state index in [-0.39, 0.29) is 0 Å². The molecule has 2 aromatic rings. The molecule has 0 aliphatic rings. The van der Waals surface area contributed by atoms with Gasteiger partial charge in [0.2, 0.25) is 0 Å². The van der Waals surface area contributed by atoms with Crippen molar-refractivity contribution in [2.45, 2.75) is 27.7 Å². The molecule has 0 saturated carbocycles. The molecule has 0 atom stereocenters. The molecular formula is C16H18. The van der Waals surface area contributed by atoms with Gasteiger partial charge in [0.15, 0.2) is 0 Å². The van der Waals surface area contributed by atoms with Crippen molar-refractivity contribution in [3.8, 4) is 0 Å². The second-order valence-corrected chi connectivity index (χ2v) is 4.60. The van der Waals surface area contributed by atoms with Crippen LogP contribution >= 0.6 is 0 Å². The molecular weight excluding hydrogens is 192 g/mol. The van der Waals surface area contributed by atoms with Gasteiger partial charge in [0.1, 0.15) is 0 Å². The fourth-order valence-electron chi connectivity index (χ4n) is 2.11. The Bertz CT molecular complexity index is 550. The topological polar surface area (TPSA) is 0 Å². The fourth-order valence-corrected chi connectivity index (χ4v) is 2.11. The minimum atomic E-state index is 1.33. The van der Waals surface area contributed by atoms with Crippen molar-refractivity contribution in [3.05, 3.63) is 53.1 Å². The summed E-state index contributed by atoms with van der Waals surface area (Å²) in [5, 5.41) is 2.72. The molecule has 0 aliphatic carbocycles. The molecule has 0 bridgehead atoms. The van der Waals surface area contributed by atoms with Crippen LogP contribution < -0.4 is 0 Å². The number of benzene rings is 2. The average molecular weight is 210 g/mol. The van der Waals surface area contributed by atoms with Gasteiger partial charge in [-0.15, -0.1) is 0 Å². The monoisotopic (exact) mass is 210 g/mol. The number of rotatable bonds is 1. The second-order valence-electron chi connectivity index (χ2n) is 4.60. The van der Waals surface area contributed by atoms with Gasteiger partial charge in [-0.2, -0.15) is 0 Å². The van der Waals surface area contributed by atoms with Crippen LogP contribution in [0.15, 0.2) is 42.0 Å². The van der Waals surface area contributed by atoms with Gasteiger partial charge in [0.05, 0.1) is 0 Å². The molecule has 0 heteroatoms. The van der Waals surface area contributed by atoms with E-state index in [1.165, 1.54) is 33.0 Å². The van der Waals surface area contributed by atoms with Crippen molar-refractivity contribution >= 4 is 16.3 Å². The summed E-state index contributed by atoms with van der Waals surface area (Å²) in [6.07, 6.45) is 0. The molecule has 16 heavy (non-hydrogen) atoms. The molecule has 0 amide bonds. The van der Waals surface area contributed by atoms with Crippen molar-refractivity contribution in [1.82, 2.24) is 0 Å². The minimum absolute atomic E-state index is 1.33. The third-order valence-electron chi connectivity index (χ3n) is 3.27. The van der Waals surface area contributed by atoms with Crippen LogP contribution in [0.25, 0.3) is 16.3 Å². The fraction of sp³-hybridized carbons (Fsp3) is 0.250. The van der Waals surface area contributed by atoms with Crippen molar-refractivity contribution in [2.24, 2.45) is 0 Å². The summed E-state index contributed by atoms with van der Waals surface area (Å²) in [6.45, 7) is 8.74. The van der Waals surface area contributed by atoms with Gasteiger partial charge < -0.3 is 0 Å². The lowest BCUT2D eigenvalue weighted by Crippen LogP contribution is -1.88. The Kier molecular flexibility index (Phi) is 2.82. The van der Waals surface area contributed by atoms with Crippen molar-refractivity contribution in [3.63, 3.8) is 0 Å². The van der Waals surface area contributed by atoms with E-state index in [1.807, 2.05) is 0 Å². The van der Waals surface area contributed by atoms with Gasteiger partial charge >= 0.3 is 0 Å². The van der Waals surface area contributed by atoms with E-state index < -0.39 is 0 Å².